The molecule has 0 rings (SSSR count). The summed E-state index contributed by atoms with van der Waals surface area (Å²) in [5.74, 6) is -0.127. The van der Waals surface area contributed by atoms with E-state index >= 15 is 0 Å². The van der Waals surface area contributed by atoms with Crippen molar-refractivity contribution in [1.29, 1.82) is 0 Å². The number of hydrogen-bond acceptors (Lipinski definition) is 5. The molecule has 0 radical (unpaired) electrons. The lowest BCUT2D eigenvalue weighted by Gasteiger charge is -2.19. The monoisotopic (exact) mass is 746 g/mol. The number of carbonyl (C=O) groups excluding carboxylic acids is 2. The normalized spacial score (nSPS) is 13.1. The van der Waals surface area contributed by atoms with Crippen LogP contribution in [-0.4, -0.2) is 47.4 Å². The van der Waals surface area contributed by atoms with Crippen LogP contribution in [-0.2, 0) is 14.3 Å². The number of esters is 1. The topological polar surface area (TPSA) is 95.9 Å². The van der Waals surface area contributed by atoms with Gasteiger partial charge in [-0.25, -0.2) is 0 Å². The molecular weight excluding hydrogens is 659 g/mol. The number of rotatable bonds is 41. The summed E-state index contributed by atoms with van der Waals surface area (Å²) in [6, 6.07) is -0.646. The van der Waals surface area contributed by atoms with E-state index in [0.717, 1.165) is 70.6 Å². The molecule has 0 aromatic carbocycles. The number of aliphatic hydroxyl groups excluding tert-OH is 2. The molecule has 0 saturated heterocycles. The van der Waals surface area contributed by atoms with Gasteiger partial charge in [0.15, 0.2) is 0 Å². The van der Waals surface area contributed by atoms with E-state index in [-0.39, 0.29) is 18.5 Å². The second-order valence-corrected chi connectivity index (χ2v) is 15.4. The van der Waals surface area contributed by atoms with Crippen LogP contribution in [0.15, 0.2) is 36.5 Å². The first-order valence-corrected chi connectivity index (χ1v) is 22.8. The number of nitrogens with one attached hydrogen (secondary N) is 1. The molecule has 0 aliphatic rings. The van der Waals surface area contributed by atoms with Crippen molar-refractivity contribution < 1.29 is 24.5 Å². The number of allylic oxidation sites excluding steroid dienone is 5. The second kappa shape index (κ2) is 42.8. The molecule has 2 atom stereocenters. The Balaban J connectivity index is 3.52. The van der Waals surface area contributed by atoms with Crippen LogP contribution >= 0.6 is 0 Å². The van der Waals surface area contributed by atoms with Gasteiger partial charge in [0, 0.05) is 12.8 Å². The summed E-state index contributed by atoms with van der Waals surface area (Å²) >= 11 is 0. The van der Waals surface area contributed by atoms with E-state index in [4.69, 9.17) is 4.74 Å². The fourth-order valence-corrected chi connectivity index (χ4v) is 6.56. The van der Waals surface area contributed by atoms with Crippen molar-refractivity contribution in [2.45, 2.75) is 238 Å². The Hall–Kier alpha value is -1.92. The molecule has 0 aliphatic carbocycles. The molecule has 6 heteroatoms. The Morgan fingerprint density at radius 2 is 0.887 bits per heavy atom. The highest BCUT2D eigenvalue weighted by Gasteiger charge is 2.17. The van der Waals surface area contributed by atoms with Crippen LogP contribution in [0.25, 0.3) is 0 Å². The largest absolute Gasteiger partial charge is 0.466 e. The summed E-state index contributed by atoms with van der Waals surface area (Å²) in [5, 5.41) is 22.8. The molecule has 2 unspecified atom stereocenters. The lowest BCUT2D eigenvalue weighted by atomic mass is 10.1. The summed E-state index contributed by atoms with van der Waals surface area (Å²) in [5.41, 5.74) is 0. The number of amides is 1. The minimum absolute atomic E-state index is 0.0241. The van der Waals surface area contributed by atoms with Crippen molar-refractivity contribution in [3.63, 3.8) is 0 Å². The summed E-state index contributed by atoms with van der Waals surface area (Å²) in [4.78, 5) is 24.3. The smallest absolute Gasteiger partial charge is 0.305 e. The molecule has 0 heterocycles. The van der Waals surface area contributed by atoms with E-state index in [9.17, 15) is 19.8 Å². The van der Waals surface area contributed by atoms with Gasteiger partial charge >= 0.3 is 5.97 Å². The van der Waals surface area contributed by atoms with Crippen molar-refractivity contribution in [3.05, 3.63) is 36.5 Å². The predicted molar refractivity (Wildman–Crippen MR) is 227 cm³/mol. The first kappa shape index (κ1) is 51.1. The highest BCUT2D eigenvalue weighted by atomic mass is 16.5. The predicted octanol–water partition coefficient (Wildman–Crippen LogP) is 12.9. The Bertz CT molecular complexity index is 869. The molecule has 53 heavy (non-hydrogen) atoms. The van der Waals surface area contributed by atoms with Gasteiger partial charge in [0.1, 0.15) is 0 Å². The van der Waals surface area contributed by atoms with Gasteiger partial charge < -0.3 is 20.3 Å². The van der Waals surface area contributed by atoms with Crippen molar-refractivity contribution >= 4 is 11.9 Å². The molecule has 1 amide bonds. The Morgan fingerprint density at radius 3 is 1.36 bits per heavy atom. The van der Waals surface area contributed by atoms with Gasteiger partial charge in [-0.1, -0.05) is 166 Å². The van der Waals surface area contributed by atoms with Crippen LogP contribution in [0.5, 0.6) is 0 Å². The maximum atomic E-state index is 12.3. The highest BCUT2D eigenvalue weighted by Crippen LogP contribution is 2.13. The summed E-state index contributed by atoms with van der Waals surface area (Å²) in [7, 11) is 0. The first-order chi connectivity index (χ1) is 26.0. The average Bonchev–Trinajstić information content (AvgIpc) is 3.16. The summed E-state index contributed by atoms with van der Waals surface area (Å²) in [6.45, 7) is 4.80. The van der Waals surface area contributed by atoms with Gasteiger partial charge in [0.2, 0.25) is 5.91 Å². The van der Waals surface area contributed by atoms with E-state index < -0.39 is 12.1 Å². The lowest BCUT2D eigenvalue weighted by Crippen LogP contribution is -2.45. The molecule has 3 N–H and O–H groups in total. The number of ether oxygens (including phenoxy) is 1. The van der Waals surface area contributed by atoms with E-state index in [2.05, 4.69) is 43.5 Å². The summed E-state index contributed by atoms with van der Waals surface area (Å²) in [6.07, 6.45) is 49.9. The maximum absolute atomic E-state index is 12.3. The van der Waals surface area contributed by atoms with Crippen molar-refractivity contribution in [2.24, 2.45) is 0 Å². The first-order valence-electron chi connectivity index (χ1n) is 22.8. The van der Waals surface area contributed by atoms with Crippen molar-refractivity contribution in [3.8, 4) is 0 Å². The number of hydrogen-bond donors (Lipinski definition) is 3. The zero-order valence-corrected chi connectivity index (χ0v) is 35.0. The molecule has 0 aromatic rings. The molecule has 0 aliphatic heterocycles. The van der Waals surface area contributed by atoms with Crippen molar-refractivity contribution in [2.75, 3.05) is 13.2 Å². The molecule has 0 saturated carbocycles. The molecule has 0 spiro atoms. The van der Waals surface area contributed by atoms with E-state index in [1.807, 2.05) is 6.08 Å². The van der Waals surface area contributed by atoms with Crippen LogP contribution in [0.2, 0.25) is 0 Å². The Kier molecular flexibility index (Phi) is 41.3. The van der Waals surface area contributed by atoms with Crippen LogP contribution in [0.3, 0.4) is 0 Å². The van der Waals surface area contributed by atoms with Gasteiger partial charge in [-0.05, 0) is 83.5 Å². The van der Waals surface area contributed by atoms with Crippen LogP contribution < -0.4 is 5.32 Å². The van der Waals surface area contributed by atoms with Crippen LogP contribution in [0.4, 0.5) is 0 Å². The fourth-order valence-electron chi connectivity index (χ4n) is 6.56. The third-order valence-corrected chi connectivity index (χ3v) is 10.1. The lowest BCUT2D eigenvalue weighted by molar-refractivity contribution is -0.143. The van der Waals surface area contributed by atoms with Gasteiger partial charge in [0.25, 0.3) is 0 Å². The van der Waals surface area contributed by atoms with Gasteiger partial charge in [-0.2, -0.15) is 0 Å². The van der Waals surface area contributed by atoms with Gasteiger partial charge in [-0.3, -0.25) is 9.59 Å². The zero-order valence-electron chi connectivity index (χ0n) is 35.0. The second-order valence-electron chi connectivity index (χ2n) is 15.4. The fraction of sp³-hybridized carbons (Fsp3) is 0.830. The Labute approximate surface area is 328 Å². The molecule has 0 aromatic heterocycles. The number of unbranched alkanes of at least 4 members (excludes halogenated alkanes) is 26. The minimum Gasteiger partial charge on any atom is -0.466 e. The van der Waals surface area contributed by atoms with E-state index in [1.54, 1.807) is 6.08 Å². The summed E-state index contributed by atoms with van der Waals surface area (Å²) < 4.78 is 5.44. The highest BCUT2D eigenvalue weighted by molar-refractivity contribution is 5.76. The molecule has 0 fully saturated rings. The van der Waals surface area contributed by atoms with Crippen molar-refractivity contribution in [1.82, 2.24) is 5.32 Å². The molecule has 310 valence electrons. The molecular formula is C47H87NO5. The zero-order chi connectivity index (χ0) is 38.7. The number of carbonyl (C=O) groups is 2. The third kappa shape index (κ3) is 39.6. The molecule has 6 nitrogen and oxygen atoms in total. The van der Waals surface area contributed by atoms with Crippen LogP contribution in [0.1, 0.15) is 226 Å². The Morgan fingerprint density at radius 1 is 0.509 bits per heavy atom. The standard InChI is InChI=1S/C47H87NO5/c1-3-5-7-9-11-13-14-15-18-21-25-29-33-37-41-47(52)53-42-38-34-30-26-22-19-16-17-20-24-28-32-36-40-46(51)48-44(43-49)45(50)39-35-31-27-23-12-10-8-6-4-2/h14-15,17,20,35,39,44-45,49-50H,3-13,16,18-19,21-34,36-38,40-43H2,1-2H3,(H,48,51)/b15-14-,20-17-,39-35+. The van der Waals surface area contributed by atoms with Gasteiger partial charge in [-0.15, -0.1) is 0 Å². The SMILES string of the molecule is CCCCCCC/C=C\CCCCCCCC(=O)OCCCCCCCC/C=C\CCCCCC(=O)NC(CO)C(O)/C=C/CCCCCCCCC. The average molecular weight is 746 g/mol. The number of aliphatic hydroxyl groups is 2. The quantitative estimate of drug-likeness (QED) is 0.0329. The van der Waals surface area contributed by atoms with Gasteiger partial charge in [0.05, 0.1) is 25.4 Å². The molecule has 0 bridgehead atoms. The van der Waals surface area contributed by atoms with E-state index in [0.29, 0.717) is 19.4 Å². The van der Waals surface area contributed by atoms with E-state index in [1.165, 1.54) is 128 Å². The maximum Gasteiger partial charge on any atom is 0.305 e. The minimum atomic E-state index is -0.859. The van der Waals surface area contributed by atoms with Crippen LogP contribution in [0, 0.1) is 0 Å². The third-order valence-electron chi connectivity index (χ3n) is 10.1.